The molecule has 1 aliphatic rings. The van der Waals surface area contributed by atoms with Crippen LogP contribution in [0.4, 0.5) is 0 Å². The molecule has 0 radical (unpaired) electrons. The largest absolute Gasteiger partial charge is 0.390 e. The van der Waals surface area contributed by atoms with E-state index in [0.29, 0.717) is 6.61 Å². The molecule has 13 heavy (non-hydrogen) atoms. The fraction of sp³-hybridized carbons (Fsp3) is 0.800. The van der Waals surface area contributed by atoms with Crippen molar-refractivity contribution < 1.29 is 14.6 Å². The van der Waals surface area contributed by atoms with Crippen LogP contribution >= 0.6 is 0 Å². The monoisotopic (exact) mass is 186 g/mol. The zero-order chi connectivity index (χ0) is 10.1. The maximum Gasteiger partial charge on any atom is 0.163 e. The van der Waals surface area contributed by atoms with Gasteiger partial charge in [0, 0.05) is 5.92 Å². The third-order valence-electron chi connectivity index (χ3n) is 2.32. The van der Waals surface area contributed by atoms with E-state index in [1.807, 2.05) is 20.8 Å². The maximum absolute atomic E-state index is 9.77. The van der Waals surface area contributed by atoms with E-state index < -0.39 is 11.9 Å². The van der Waals surface area contributed by atoms with Gasteiger partial charge in [-0.05, 0) is 13.8 Å². The molecule has 0 unspecified atom stereocenters. The minimum absolute atomic E-state index is 0.0301. The standard InChI is InChI=1S/C10H18O3/c1-5-7(2)9(11)8-6-12-10(3,4)13-8/h5,7-9,11H,1,6H2,2-4H3/t7-,8+,9+/m0/s1. The predicted molar refractivity (Wildman–Crippen MR) is 50.3 cm³/mol. The summed E-state index contributed by atoms with van der Waals surface area (Å²) in [5, 5.41) is 9.77. The van der Waals surface area contributed by atoms with E-state index in [4.69, 9.17) is 9.47 Å². The summed E-state index contributed by atoms with van der Waals surface area (Å²) in [6.07, 6.45) is 0.960. The van der Waals surface area contributed by atoms with Crippen LogP contribution in [0.25, 0.3) is 0 Å². The Morgan fingerprint density at radius 2 is 2.23 bits per heavy atom. The lowest BCUT2D eigenvalue weighted by Crippen LogP contribution is -2.34. The summed E-state index contributed by atoms with van der Waals surface area (Å²) in [4.78, 5) is 0. The number of aliphatic hydroxyl groups excluding tert-OH is 1. The van der Waals surface area contributed by atoms with E-state index >= 15 is 0 Å². The van der Waals surface area contributed by atoms with Crippen LogP contribution < -0.4 is 0 Å². The van der Waals surface area contributed by atoms with Gasteiger partial charge in [-0.1, -0.05) is 13.0 Å². The van der Waals surface area contributed by atoms with Gasteiger partial charge in [0.1, 0.15) is 6.10 Å². The van der Waals surface area contributed by atoms with Crippen molar-refractivity contribution in [3.05, 3.63) is 12.7 Å². The number of rotatable bonds is 3. The van der Waals surface area contributed by atoms with E-state index in [1.54, 1.807) is 6.08 Å². The highest BCUT2D eigenvalue weighted by molar-refractivity contribution is 4.88. The predicted octanol–water partition coefficient (Wildman–Crippen LogP) is 1.32. The topological polar surface area (TPSA) is 38.7 Å². The zero-order valence-electron chi connectivity index (χ0n) is 8.49. The van der Waals surface area contributed by atoms with Gasteiger partial charge in [0.15, 0.2) is 5.79 Å². The summed E-state index contributed by atoms with van der Waals surface area (Å²) in [5.41, 5.74) is 0. The number of hydrogen-bond acceptors (Lipinski definition) is 3. The Morgan fingerprint density at radius 1 is 1.62 bits per heavy atom. The molecule has 0 amide bonds. The van der Waals surface area contributed by atoms with E-state index in [-0.39, 0.29) is 12.0 Å². The van der Waals surface area contributed by atoms with Gasteiger partial charge in [0.2, 0.25) is 0 Å². The molecule has 1 N–H and O–H groups in total. The van der Waals surface area contributed by atoms with Crippen molar-refractivity contribution in [1.82, 2.24) is 0 Å². The molecule has 1 saturated heterocycles. The molecular formula is C10H18O3. The second-order valence-electron chi connectivity index (χ2n) is 3.95. The number of aliphatic hydroxyl groups is 1. The molecule has 3 atom stereocenters. The molecule has 0 aliphatic carbocycles. The number of hydrogen-bond donors (Lipinski definition) is 1. The molecule has 1 aliphatic heterocycles. The minimum Gasteiger partial charge on any atom is -0.390 e. The SMILES string of the molecule is C=C[C@H](C)[C@@H](O)[C@H]1COC(C)(C)O1. The second kappa shape index (κ2) is 3.78. The third-order valence-corrected chi connectivity index (χ3v) is 2.32. The Balaban J connectivity index is 2.51. The van der Waals surface area contributed by atoms with Gasteiger partial charge in [-0.25, -0.2) is 0 Å². The highest BCUT2D eigenvalue weighted by Gasteiger charge is 2.37. The van der Waals surface area contributed by atoms with Crippen LogP contribution in [0.5, 0.6) is 0 Å². The van der Waals surface area contributed by atoms with Crippen LogP contribution in [0.3, 0.4) is 0 Å². The first-order valence-electron chi connectivity index (χ1n) is 4.58. The molecule has 76 valence electrons. The summed E-state index contributed by atoms with van der Waals surface area (Å²) in [6.45, 7) is 9.68. The van der Waals surface area contributed by atoms with Crippen molar-refractivity contribution in [2.24, 2.45) is 5.92 Å². The molecule has 1 rings (SSSR count). The molecule has 0 aromatic carbocycles. The molecule has 3 heteroatoms. The second-order valence-corrected chi connectivity index (χ2v) is 3.95. The van der Waals surface area contributed by atoms with E-state index in [2.05, 4.69) is 6.58 Å². The Labute approximate surface area is 79.3 Å². The Bertz CT molecular complexity index is 189. The fourth-order valence-electron chi connectivity index (χ4n) is 1.36. The summed E-state index contributed by atoms with van der Waals surface area (Å²) in [6, 6.07) is 0. The fourth-order valence-corrected chi connectivity index (χ4v) is 1.36. The van der Waals surface area contributed by atoms with Gasteiger partial charge >= 0.3 is 0 Å². The van der Waals surface area contributed by atoms with Crippen LogP contribution in [0, 0.1) is 5.92 Å². The van der Waals surface area contributed by atoms with Gasteiger partial charge in [-0.15, -0.1) is 6.58 Å². The highest BCUT2D eigenvalue weighted by Crippen LogP contribution is 2.26. The Morgan fingerprint density at radius 3 is 2.62 bits per heavy atom. The first-order valence-corrected chi connectivity index (χ1v) is 4.58. The van der Waals surface area contributed by atoms with Crippen LogP contribution in [0.2, 0.25) is 0 Å². The molecule has 3 nitrogen and oxygen atoms in total. The molecule has 0 bridgehead atoms. The third kappa shape index (κ3) is 2.53. The van der Waals surface area contributed by atoms with Crippen LogP contribution in [-0.2, 0) is 9.47 Å². The Hall–Kier alpha value is -0.380. The van der Waals surface area contributed by atoms with Crippen molar-refractivity contribution in [2.75, 3.05) is 6.61 Å². The average Bonchev–Trinajstić information content (AvgIpc) is 2.43. The maximum atomic E-state index is 9.77. The highest BCUT2D eigenvalue weighted by atomic mass is 16.7. The molecule has 1 heterocycles. The van der Waals surface area contributed by atoms with E-state index in [9.17, 15) is 5.11 Å². The minimum atomic E-state index is -0.563. The van der Waals surface area contributed by atoms with Crippen molar-refractivity contribution in [1.29, 1.82) is 0 Å². The normalized spacial score (nSPS) is 31.2. The van der Waals surface area contributed by atoms with Crippen molar-refractivity contribution in [2.45, 2.75) is 38.8 Å². The zero-order valence-corrected chi connectivity index (χ0v) is 8.49. The lowest BCUT2D eigenvalue weighted by atomic mass is 10.0. The van der Waals surface area contributed by atoms with Gasteiger partial charge in [-0.3, -0.25) is 0 Å². The quantitative estimate of drug-likeness (QED) is 0.676. The molecule has 0 aromatic rings. The number of ether oxygens (including phenoxy) is 2. The van der Waals surface area contributed by atoms with E-state index in [1.165, 1.54) is 0 Å². The van der Waals surface area contributed by atoms with Crippen molar-refractivity contribution in [3.8, 4) is 0 Å². The molecular weight excluding hydrogens is 168 g/mol. The first kappa shape index (κ1) is 10.7. The average molecular weight is 186 g/mol. The van der Waals surface area contributed by atoms with Gasteiger partial charge in [0.05, 0.1) is 12.7 Å². The van der Waals surface area contributed by atoms with Gasteiger partial charge in [0.25, 0.3) is 0 Å². The van der Waals surface area contributed by atoms with Crippen LogP contribution in [-0.4, -0.2) is 29.7 Å². The summed E-state index contributed by atoms with van der Waals surface area (Å²) in [5.74, 6) is -0.533. The van der Waals surface area contributed by atoms with Crippen LogP contribution in [0.15, 0.2) is 12.7 Å². The first-order chi connectivity index (χ1) is 5.96. The lowest BCUT2D eigenvalue weighted by Gasteiger charge is -2.22. The van der Waals surface area contributed by atoms with E-state index in [0.717, 1.165) is 0 Å². The molecule has 0 saturated carbocycles. The lowest BCUT2D eigenvalue weighted by molar-refractivity contribution is -0.153. The molecule has 1 fully saturated rings. The van der Waals surface area contributed by atoms with Gasteiger partial charge < -0.3 is 14.6 Å². The smallest absolute Gasteiger partial charge is 0.163 e. The van der Waals surface area contributed by atoms with Crippen LogP contribution in [0.1, 0.15) is 20.8 Å². The Kier molecular flexibility index (Phi) is 3.11. The summed E-state index contributed by atoms with van der Waals surface area (Å²) < 4.78 is 10.9. The van der Waals surface area contributed by atoms with Crippen molar-refractivity contribution in [3.63, 3.8) is 0 Å². The molecule has 0 spiro atoms. The molecule has 0 aromatic heterocycles. The van der Waals surface area contributed by atoms with Crippen molar-refractivity contribution >= 4 is 0 Å². The summed E-state index contributed by atoms with van der Waals surface area (Å²) in [7, 11) is 0. The summed E-state index contributed by atoms with van der Waals surface area (Å²) >= 11 is 0. The van der Waals surface area contributed by atoms with Gasteiger partial charge in [-0.2, -0.15) is 0 Å².